The summed E-state index contributed by atoms with van der Waals surface area (Å²) in [6.07, 6.45) is 9.51. The van der Waals surface area contributed by atoms with Crippen molar-refractivity contribution in [2.24, 2.45) is 11.1 Å². The zero-order chi connectivity index (χ0) is 25.0. The second-order valence-electron chi connectivity index (χ2n) is 9.75. The van der Waals surface area contributed by atoms with Crippen molar-refractivity contribution in [2.75, 3.05) is 25.0 Å². The second kappa shape index (κ2) is 11.2. The zero-order valence-corrected chi connectivity index (χ0v) is 21.8. The summed E-state index contributed by atoms with van der Waals surface area (Å²) < 4.78 is 0. The molecule has 5 nitrogen and oxygen atoms in total. The molecule has 4 rings (SSSR count). The van der Waals surface area contributed by atoms with Crippen molar-refractivity contribution in [3.05, 3.63) is 69.2 Å². The number of halogens is 2. The molecule has 1 atom stereocenters. The standard InChI is InChI=1S/C28H34Cl2N4O/c1-19(24-8-7-23(29)16-25(24)30)33-26-15-21(5-6-22(26)17-31)20-9-13-34(14-10-20)27(35)28(18-32)11-3-2-4-12-28/h5-9,15-17,19,31,33H,2-4,10-14,18,32H2,1H3/t19-/m1/s1. The van der Waals surface area contributed by atoms with Gasteiger partial charge in [-0.05, 0) is 61.1 Å². The number of nitrogens with one attached hydrogen (secondary N) is 2. The van der Waals surface area contributed by atoms with Gasteiger partial charge in [0, 0.05) is 47.1 Å². The topological polar surface area (TPSA) is 82.2 Å². The van der Waals surface area contributed by atoms with E-state index in [1.54, 1.807) is 6.07 Å². The third-order valence-electron chi connectivity index (χ3n) is 7.53. The molecule has 0 spiro atoms. The third kappa shape index (κ3) is 5.58. The number of rotatable bonds is 7. The smallest absolute Gasteiger partial charge is 0.230 e. The fraction of sp³-hybridized carbons (Fsp3) is 0.429. The number of hydrogen-bond acceptors (Lipinski definition) is 4. The van der Waals surface area contributed by atoms with Crippen molar-refractivity contribution >= 4 is 46.6 Å². The van der Waals surface area contributed by atoms with Gasteiger partial charge < -0.3 is 21.4 Å². The Balaban J connectivity index is 1.51. The molecule has 1 aliphatic heterocycles. The van der Waals surface area contributed by atoms with Crippen LogP contribution >= 0.6 is 23.2 Å². The van der Waals surface area contributed by atoms with Crippen LogP contribution in [0.1, 0.15) is 68.2 Å². The lowest BCUT2D eigenvalue weighted by molar-refractivity contribution is -0.143. The van der Waals surface area contributed by atoms with Gasteiger partial charge >= 0.3 is 0 Å². The molecule has 0 bridgehead atoms. The average molecular weight is 514 g/mol. The maximum Gasteiger partial charge on any atom is 0.230 e. The second-order valence-corrected chi connectivity index (χ2v) is 10.6. The van der Waals surface area contributed by atoms with Crippen LogP contribution in [-0.2, 0) is 4.79 Å². The van der Waals surface area contributed by atoms with Crippen LogP contribution in [0.2, 0.25) is 10.0 Å². The highest BCUT2D eigenvalue weighted by Crippen LogP contribution is 2.38. The lowest BCUT2D eigenvalue weighted by atomic mass is 9.73. The first-order valence-electron chi connectivity index (χ1n) is 12.4. The SMILES string of the molecule is C[C@@H](Nc1cc(C2=CCN(C(=O)C3(CN)CCCCC3)CC2)ccc1C=N)c1ccc(Cl)cc1Cl. The predicted octanol–water partition coefficient (Wildman–Crippen LogP) is 6.69. The molecule has 35 heavy (non-hydrogen) atoms. The van der Waals surface area contributed by atoms with E-state index in [4.69, 9.17) is 34.3 Å². The van der Waals surface area contributed by atoms with Gasteiger partial charge in [0.05, 0.1) is 11.5 Å². The van der Waals surface area contributed by atoms with Gasteiger partial charge in [-0.1, -0.05) is 66.7 Å². The molecule has 7 heteroatoms. The van der Waals surface area contributed by atoms with Gasteiger partial charge in [0.2, 0.25) is 5.91 Å². The summed E-state index contributed by atoms with van der Waals surface area (Å²) >= 11 is 12.5. The first-order valence-corrected chi connectivity index (χ1v) is 13.2. The van der Waals surface area contributed by atoms with E-state index >= 15 is 0 Å². The fourth-order valence-electron chi connectivity index (χ4n) is 5.36. The molecule has 0 unspecified atom stereocenters. The number of nitrogens with zero attached hydrogens (tertiary/aromatic N) is 1. The van der Waals surface area contributed by atoms with Gasteiger partial charge in [-0.3, -0.25) is 4.79 Å². The first-order chi connectivity index (χ1) is 16.9. The number of benzene rings is 2. The summed E-state index contributed by atoms with van der Waals surface area (Å²) in [7, 11) is 0. The van der Waals surface area contributed by atoms with E-state index in [1.807, 2.05) is 30.0 Å². The van der Waals surface area contributed by atoms with Crippen LogP contribution < -0.4 is 11.1 Å². The quantitative estimate of drug-likeness (QED) is 0.361. The van der Waals surface area contributed by atoms with Crippen molar-refractivity contribution in [3.63, 3.8) is 0 Å². The Morgan fingerprint density at radius 2 is 1.97 bits per heavy atom. The van der Waals surface area contributed by atoms with Crippen LogP contribution in [0.3, 0.4) is 0 Å². The van der Waals surface area contributed by atoms with E-state index in [-0.39, 0.29) is 17.4 Å². The summed E-state index contributed by atoms with van der Waals surface area (Å²) in [4.78, 5) is 15.3. The molecule has 1 saturated carbocycles. The molecule has 2 aromatic carbocycles. The van der Waals surface area contributed by atoms with Crippen molar-refractivity contribution < 1.29 is 4.79 Å². The highest BCUT2D eigenvalue weighted by atomic mass is 35.5. The minimum absolute atomic E-state index is 0.0647. The molecular formula is C28H34Cl2N4O. The first kappa shape index (κ1) is 25.7. The Hall–Kier alpha value is -2.34. The molecule has 0 aromatic heterocycles. The molecule has 4 N–H and O–H groups in total. The lowest BCUT2D eigenvalue weighted by Gasteiger charge is -2.40. The van der Waals surface area contributed by atoms with Crippen LogP contribution in [0.25, 0.3) is 5.57 Å². The lowest BCUT2D eigenvalue weighted by Crippen LogP contribution is -2.50. The number of carbonyl (C=O) groups excluding carboxylic acids is 1. The largest absolute Gasteiger partial charge is 0.378 e. The fourth-order valence-corrected chi connectivity index (χ4v) is 5.93. The summed E-state index contributed by atoms with van der Waals surface area (Å²) in [5, 5.41) is 12.6. The third-order valence-corrected chi connectivity index (χ3v) is 8.09. The van der Waals surface area contributed by atoms with Crippen molar-refractivity contribution in [1.29, 1.82) is 5.41 Å². The molecule has 186 valence electrons. The Labute approximate surface area is 218 Å². The normalized spacial score (nSPS) is 18.5. The predicted molar refractivity (Wildman–Crippen MR) is 147 cm³/mol. The molecule has 1 aliphatic carbocycles. The van der Waals surface area contributed by atoms with Crippen LogP contribution in [0.15, 0.2) is 42.5 Å². The molecule has 2 aromatic rings. The van der Waals surface area contributed by atoms with E-state index in [0.29, 0.717) is 29.7 Å². The molecule has 0 radical (unpaired) electrons. The van der Waals surface area contributed by atoms with Gasteiger partial charge in [0.15, 0.2) is 0 Å². The Kier molecular flexibility index (Phi) is 8.20. The van der Waals surface area contributed by atoms with Crippen molar-refractivity contribution in [1.82, 2.24) is 4.90 Å². The van der Waals surface area contributed by atoms with E-state index in [0.717, 1.165) is 54.5 Å². The van der Waals surface area contributed by atoms with Gasteiger partial charge in [-0.25, -0.2) is 0 Å². The number of nitrogens with two attached hydrogens (primary N) is 1. The maximum absolute atomic E-state index is 13.4. The summed E-state index contributed by atoms with van der Waals surface area (Å²) in [6, 6.07) is 11.5. The number of amides is 1. The van der Waals surface area contributed by atoms with Gasteiger partial charge in [-0.2, -0.15) is 0 Å². The minimum Gasteiger partial charge on any atom is -0.378 e. The van der Waals surface area contributed by atoms with Crippen LogP contribution in [-0.4, -0.2) is 36.7 Å². The minimum atomic E-state index is -0.370. The Bertz CT molecular complexity index is 1120. The maximum atomic E-state index is 13.4. The van der Waals surface area contributed by atoms with Gasteiger partial charge in [-0.15, -0.1) is 0 Å². The number of hydrogen-bond donors (Lipinski definition) is 3. The van der Waals surface area contributed by atoms with Gasteiger partial charge in [0.25, 0.3) is 0 Å². The molecule has 0 saturated heterocycles. The molecule has 1 amide bonds. The van der Waals surface area contributed by atoms with E-state index < -0.39 is 0 Å². The van der Waals surface area contributed by atoms with Gasteiger partial charge in [0.1, 0.15) is 0 Å². The summed E-state index contributed by atoms with van der Waals surface area (Å²) in [6.45, 7) is 3.80. The monoisotopic (exact) mass is 512 g/mol. The van der Waals surface area contributed by atoms with E-state index in [2.05, 4.69) is 23.5 Å². The molecule has 2 aliphatic rings. The molecular weight excluding hydrogens is 479 g/mol. The number of anilines is 1. The molecule has 1 fully saturated rings. The highest BCUT2D eigenvalue weighted by Gasteiger charge is 2.41. The molecule has 1 heterocycles. The van der Waals surface area contributed by atoms with Crippen LogP contribution in [0, 0.1) is 10.8 Å². The highest BCUT2D eigenvalue weighted by molar-refractivity contribution is 6.35. The Morgan fingerprint density at radius 3 is 2.60 bits per heavy atom. The average Bonchev–Trinajstić information content (AvgIpc) is 2.88. The Morgan fingerprint density at radius 1 is 1.20 bits per heavy atom. The summed E-state index contributed by atoms with van der Waals surface area (Å²) in [5.74, 6) is 0.227. The zero-order valence-electron chi connectivity index (χ0n) is 20.2. The van der Waals surface area contributed by atoms with Crippen LogP contribution in [0.4, 0.5) is 5.69 Å². The summed E-state index contributed by atoms with van der Waals surface area (Å²) in [5.41, 5.74) is 10.7. The van der Waals surface area contributed by atoms with Crippen molar-refractivity contribution in [2.45, 2.75) is 51.5 Å². The number of carbonyl (C=O) groups is 1. The van der Waals surface area contributed by atoms with Crippen molar-refractivity contribution in [3.8, 4) is 0 Å². The van der Waals surface area contributed by atoms with E-state index in [1.165, 1.54) is 18.2 Å². The van der Waals surface area contributed by atoms with Crippen LogP contribution in [0.5, 0.6) is 0 Å². The van der Waals surface area contributed by atoms with E-state index in [9.17, 15) is 4.79 Å².